The van der Waals surface area contributed by atoms with Crippen molar-refractivity contribution in [1.29, 1.82) is 0 Å². The zero-order valence-electron chi connectivity index (χ0n) is 13.8. The fourth-order valence-corrected chi connectivity index (χ4v) is 2.65. The van der Waals surface area contributed by atoms with Crippen molar-refractivity contribution in [2.75, 3.05) is 13.1 Å². The summed E-state index contributed by atoms with van der Waals surface area (Å²) < 4.78 is 43.4. The predicted molar refractivity (Wildman–Crippen MR) is 87.0 cm³/mol. The maximum Gasteiger partial charge on any atom is 0.416 e. The number of alkyl halides is 3. The van der Waals surface area contributed by atoms with Gasteiger partial charge in [0.05, 0.1) is 30.0 Å². The van der Waals surface area contributed by atoms with Gasteiger partial charge in [0, 0.05) is 23.9 Å². The Hall–Kier alpha value is -3.17. The number of halogens is 3. The minimum Gasteiger partial charge on any atom is -0.471 e. The molecule has 2 heterocycles. The highest BCUT2D eigenvalue weighted by Crippen LogP contribution is 2.31. The number of hydrogen-bond donors (Lipinski definition) is 0. The first-order chi connectivity index (χ1) is 12.7. The molecular formula is C17H14F3N3O4. The lowest BCUT2D eigenvalue weighted by atomic mass is 10.1. The van der Waals surface area contributed by atoms with Crippen LogP contribution in [0, 0.1) is 10.1 Å². The van der Waals surface area contributed by atoms with Gasteiger partial charge in [0.15, 0.2) is 0 Å². The average molecular weight is 381 g/mol. The SMILES string of the molecule is O=C(Cc1ccccc1[N+](=O)[O-])N1CC(Oc2cc(C(F)(F)F)ccn2)C1. The van der Waals surface area contributed by atoms with Crippen molar-refractivity contribution < 1.29 is 27.6 Å². The Morgan fingerprint density at radius 3 is 2.67 bits per heavy atom. The fraction of sp³-hybridized carbons (Fsp3) is 0.294. The molecule has 0 spiro atoms. The second-order valence-corrected chi connectivity index (χ2v) is 5.98. The van der Waals surface area contributed by atoms with Gasteiger partial charge in [-0.1, -0.05) is 18.2 Å². The van der Waals surface area contributed by atoms with Gasteiger partial charge < -0.3 is 9.64 Å². The standard InChI is InChI=1S/C17H14F3N3O4/c18-17(19,20)12-5-6-21-15(8-12)27-13-9-22(10-13)16(24)7-11-3-1-2-4-14(11)23(25)26/h1-6,8,13H,7,9-10H2. The van der Waals surface area contributed by atoms with Crippen LogP contribution in [-0.2, 0) is 17.4 Å². The summed E-state index contributed by atoms with van der Waals surface area (Å²) in [5, 5.41) is 11.0. The molecule has 27 heavy (non-hydrogen) atoms. The Morgan fingerprint density at radius 2 is 2.00 bits per heavy atom. The van der Waals surface area contributed by atoms with E-state index in [1.807, 2.05) is 0 Å². The third kappa shape index (κ3) is 4.33. The van der Waals surface area contributed by atoms with Gasteiger partial charge in [0.2, 0.25) is 11.8 Å². The van der Waals surface area contributed by atoms with Crippen molar-refractivity contribution in [1.82, 2.24) is 9.88 Å². The zero-order chi connectivity index (χ0) is 19.6. The van der Waals surface area contributed by atoms with Crippen LogP contribution in [0.5, 0.6) is 5.88 Å². The van der Waals surface area contributed by atoms with Gasteiger partial charge >= 0.3 is 6.18 Å². The molecule has 1 fully saturated rings. The number of amides is 1. The largest absolute Gasteiger partial charge is 0.471 e. The highest BCUT2D eigenvalue weighted by atomic mass is 19.4. The number of pyridine rings is 1. The normalized spacial score (nSPS) is 14.6. The molecule has 1 saturated heterocycles. The van der Waals surface area contributed by atoms with Crippen molar-refractivity contribution in [3.05, 3.63) is 63.8 Å². The number of nitro benzene ring substituents is 1. The second-order valence-electron chi connectivity index (χ2n) is 5.98. The molecule has 0 bridgehead atoms. The fourth-order valence-electron chi connectivity index (χ4n) is 2.65. The summed E-state index contributed by atoms with van der Waals surface area (Å²) in [5.74, 6) is -0.484. The first-order valence-corrected chi connectivity index (χ1v) is 7.94. The smallest absolute Gasteiger partial charge is 0.416 e. The van der Waals surface area contributed by atoms with E-state index in [0.717, 1.165) is 18.3 Å². The predicted octanol–water partition coefficient (Wildman–Crippen LogP) is 2.84. The molecule has 1 aliphatic heterocycles. The number of likely N-dealkylation sites (tertiary alicyclic amines) is 1. The van der Waals surface area contributed by atoms with E-state index in [2.05, 4.69) is 4.98 Å². The molecule has 0 atom stereocenters. The molecule has 1 aliphatic rings. The summed E-state index contributed by atoms with van der Waals surface area (Å²) in [6.45, 7) is 0.356. The van der Waals surface area contributed by atoms with Crippen LogP contribution >= 0.6 is 0 Å². The monoisotopic (exact) mass is 381 g/mol. The molecule has 10 heteroatoms. The van der Waals surface area contributed by atoms with Gasteiger partial charge in [-0.3, -0.25) is 14.9 Å². The van der Waals surface area contributed by atoms with E-state index in [9.17, 15) is 28.1 Å². The minimum atomic E-state index is -4.49. The van der Waals surface area contributed by atoms with Crippen LogP contribution in [0.1, 0.15) is 11.1 Å². The first kappa shape index (κ1) is 18.6. The van der Waals surface area contributed by atoms with Gasteiger partial charge in [-0.2, -0.15) is 13.2 Å². The van der Waals surface area contributed by atoms with E-state index < -0.39 is 22.8 Å². The number of nitrogens with zero attached hydrogens (tertiary/aromatic N) is 3. The van der Waals surface area contributed by atoms with Crippen molar-refractivity contribution >= 4 is 11.6 Å². The van der Waals surface area contributed by atoms with Gasteiger partial charge in [-0.05, 0) is 6.07 Å². The molecule has 1 aromatic carbocycles. The van der Waals surface area contributed by atoms with E-state index in [1.54, 1.807) is 6.07 Å². The zero-order valence-corrected chi connectivity index (χ0v) is 13.8. The molecule has 1 aromatic heterocycles. The van der Waals surface area contributed by atoms with E-state index in [0.29, 0.717) is 5.56 Å². The number of rotatable bonds is 5. The second kappa shape index (κ2) is 7.22. The lowest BCUT2D eigenvalue weighted by molar-refractivity contribution is -0.385. The van der Waals surface area contributed by atoms with Crippen LogP contribution in [0.2, 0.25) is 0 Å². The number of hydrogen-bond acceptors (Lipinski definition) is 5. The Bertz CT molecular complexity index is 866. The Balaban J connectivity index is 1.56. The number of para-hydroxylation sites is 1. The molecule has 3 rings (SSSR count). The number of benzene rings is 1. The molecular weight excluding hydrogens is 367 g/mol. The van der Waals surface area contributed by atoms with Crippen LogP contribution < -0.4 is 4.74 Å². The van der Waals surface area contributed by atoms with Crippen LogP contribution in [-0.4, -0.2) is 39.9 Å². The summed E-state index contributed by atoms with van der Waals surface area (Å²) in [7, 11) is 0. The van der Waals surface area contributed by atoms with Crippen LogP contribution in [0.3, 0.4) is 0 Å². The topological polar surface area (TPSA) is 85.6 Å². The van der Waals surface area contributed by atoms with Gasteiger partial charge in [0.1, 0.15) is 6.10 Å². The van der Waals surface area contributed by atoms with E-state index >= 15 is 0 Å². The van der Waals surface area contributed by atoms with Gasteiger partial charge in [0.25, 0.3) is 5.69 Å². The summed E-state index contributed by atoms with van der Waals surface area (Å²) in [6, 6.07) is 7.60. The van der Waals surface area contributed by atoms with E-state index in [4.69, 9.17) is 4.74 Å². The maximum absolute atomic E-state index is 12.7. The number of ether oxygens (including phenoxy) is 1. The molecule has 1 amide bonds. The molecule has 0 unspecified atom stereocenters. The van der Waals surface area contributed by atoms with Crippen LogP contribution in [0.4, 0.5) is 18.9 Å². The Kier molecular flexibility index (Phi) is 4.98. The number of carbonyl (C=O) groups is 1. The van der Waals surface area contributed by atoms with Crippen molar-refractivity contribution in [3.8, 4) is 5.88 Å². The number of aromatic nitrogens is 1. The molecule has 0 saturated carbocycles. The molecule has 0 radical (unpaired) electrons. The van der Waals surface area contributed by atoms with Crippen LogP contribution in [0.25, 0.3) is 0 Å². The Morgan fingerprint density at radius 1 is 1.30 bits per heavy atom. The Labute approximate surface area is 151 Å². The molecule has 2 aromatic rings. The quantitative estimate of drug-likeness (QED) is 0.587. The third-order valence-corrected chi connectivity index (χ3v) is 4.08. The molecule has 0 aliphatic carbocycles. The van der Waals surface area contributed by atoms with Crippen molar-refractivity contribution in [3.63, 3.8) is 0 Å². The summed E-state index contributed by atoms with van der Waals surface area (Å²) in [4.78, 5) is 27.8. The van der Waals surface area contributed by atoms with Crippen molar-refractivity contribution in [2.45, 2.75) is 18.7 Å². The van der Waals surface area contributed by atoms with Gasteiger partial charge in [-0.15, -0.1) is 0 Å². The minimum absolute atomic E-state index is 0.132. The highest BCUT2D eigenvalue weighted by molar-refractivity contribution is 5.80. The summed E-state index contributed by atoms with van der Waals surface area (Å²) in [5.41, 5.74) is -0.695. The van der Waals surface area contributed by atoms with E-state index in [1.165, 1.54) is 23.1 Å². The summed E-state index contributed by atoms with van der Waals surface area (Å²) >= 11 is 0. The van der Waals surface area contributed by atoms with Crippen molar-refractivity contribution in [2.24, 2.45) is 0 Å². The van der Waals surface area contributed by atoms with E-state index in [-0.39, 0.29) is 37.0 Å². The van der Waals surface area contributed by atoms with Crippen LogP contribution in [0.15, 0.2) is 42.6 Å². The summed E-state index contributed by atoms with van der Waals surface area (Å²) in [6.07, 6.45) is -4.09. The average Bonchev–Trinajstić information content (AvgIpc) is 2.57. The lowest BCUT2D eigenvalue weighted by Gasteiger charge is -2.38. The number of carbonyl (C=O) groups excluding carboxylic acids is 1. The number of nitro groups is 1. The third-order valence-electron chi connectivity index (χ3n) is 4.08. The molecule has 7 nitrogen and oxygen atoms in total. The lowest BCUT2D eigenvalue weighted by Crippen LogP contribution is -2.56. The molecule has 142 valence electrons. The van der Waals surface area contributed by atoms with Gasteiger partial charge in [-0.25, -0.2) is 4.98 Å². The highest BCUT2D eigenvalue weighted by Gasteiger charge is 2.35. The molecule has 0 N–H and O–H groups in total. The maximum atomic E-state index is 12.7. The first-order valence-electron chi connectivity index (χ1n) is 7.94.